The van der Waals surface area contributed by atoms with Crippen LogP contribution < -0.4 is 5.32 Å². The summed E-state index contributed by atoms with van der Waals surface area (Å²) in [7, 11) is 0. The topological polar surface area (TPSA) is 33.7 Å². The monoisotopic (exact) mass is 242 g/mol. The number of hydrogen-bond acceptors (Lipinski definition) is 4. The largest absolute Gasteiger partial charge is 0.376 e. The summed E-state index contributed by atoms with van der Waals surface area (Å²) >= 11 is 0. The van der Waals surface area contributed by atoms with Crippen LogP contribution in [0.25, 0.3) is 0 Å². The van der Waals surface area contributed by atoms with Gasteiger partial charge in [0.15, 0.2) is 0 Å². The SMILES string of the molecule is CCC1CNC(C)(C)CN1CC1COCCO1. The quantitative estimate of drug-likeness (QED) is 0.796. The lowest BCUT2D eigenvalue weighted by Gasteiger charge is -2.45. The van der Waals surface area contributed by atoms with Crippen LogP contribution in [0.4, 0.5) is 0 Å². The standard InChI is InChI=1S/C13H26N2O2/c1-4-11-7-14-13(2,3)10-15(11)8-12-9-16-5-6-17-12/h11-12,14H,4-10H2,1-3H3. The van der Waals surface area contributed by atoms with E-state index in [1.54, 1.807) is 0 Å². The Kier molecular flexibility index (Phi) is 4.42. The van der Waals surface area contributed by atoms with Crippen LogP contribution in [-0.4, -0.2) is 62.0 Å². The summed E-state index contributed by atoms with van der Waals surface area (Å²) in [4.78, 5) is 2.57. The summed E-state index contributed by atoms with van der Waals surface area (Å²) in [5.41, 5.74) is 0.210. The lowest BCUT2D eigenvalue weighted by atomic mass is 9.97. The molecule has 2 saturated heterocycles. The molecule has 2 heterocycles. The molecule has 2 rings (SSSR count). The summed E-state index contributed by atoms with van der Waals surface area (Å²) in [6.45, 7) is 12.2. The lowest BCUT2D eigenvalue weighted by Crippen LogP contribution is -2.62. The van der Waals surface area contributed by atoms with Crippen molar-refractivity contribution in [3.63, 3.8) is 0 Å². The molecule has 2 fully saturated rings. The molecule has 0 spiro atoms. The van der Waals surface area contributed by atoms with Crippen molar-refractivity contribution >= 4 is 0 Å². The Morgan fingerprint density at radius 3 is 2.82 bits per heavy atom. The van der Waals surface area contributed by atoms with Gasteiger partial charge in [-0.3, -0.25) is 4.90 Å². The van der Waals surface area contributed by atoms with E-state index in [1.165, 1.54) is 6.42 Å². The maximum atomic E-state index is 5.75. The van der Waals surface area contributed by atoms with Crippen LogP contribution in [0.15, 0.2) is 0 Å². The van der Waals surface area contributed by atoms with Gasteiger partial charge in [0.05, 0.1) is 25.9 Å². The summed E-state index contributed by atoms with van der Waals surface area (Å²) < 4.78 is 11.2. The van der Waals surface area contributed by atoms with E-state index in [0.29, 0.717) is 6.04 Å². The Morgan fingerprint density at radius 2 is 2.18 bits per heavy atom. The number of ether oxygens (including phenoxy) is 2. The zero-order chi connectivity index (χ0) is 12.3. The summed E-state index contributed by atoms with van der Waals surface area (Å²) in [5.74, 6) is 0. The fourth-order valence-electron chi connectivity index (χ4n) is 2.74. The smallest absolute Gasteiger partial charge is 0.0936 e. The summed E-state index contributed by atoms with van der Waals surface area (Å²) in [5, 5.41) is 3.61. The van der Waals surface area contributed by atoms with Crippen LogP contribution in [0, 0.1) is 0 Å². The van der Waals surface area contributed by atoms with E-state index in [1.807, 2.05) is 0 Å². The Labute approximate surface area is 105 Å². The molecule has 2 atom stereocenters. The molecule has 100 valence electrons. The zero-order valence-corrected chi connectivity index (χ0v) is 11.4. The highest BCUT2D eigenvalue weighted by atomic mass is 16.6. The molecule has 0 aromatic carbocycles. The summed E-state index contributed by atoms with van der Waals surface area (Å²) in [6.07, 6.45) is 1.45. The predicted octanol–water partition coefficient (Wildman–Crippen LogP) is 0.864. The van der Waals surface area contributed by atoms with E-state index in [4.69, 9.17) is 9.47 Å². The van der Waals surface area contributed by atoms with Crippen LogP contribution in [-0.2, 0) is 9.47 Å². The van der Waals surface area contributed by atoms with E-state index >= 15 is 0 Å². The van der Waals surface area contributed by atoms with Gasteiger partial charge in [-0.05, 0) is 20.3 Å². The lowest BCUT2D eigenvalue weighted by molar-refractivity contribution is -0.105. The molecule has 0 bridgehead atoms. The van der Waals surface area contributed by atoms with Gasteiger partial charge in [-0.25, -0.2) is 0 Å². The van der Waals surface area contributed by atoms with Crippen molar-refractivity contribution in [3.8, 4) is 0 Å². The normalized spacial score (nSPS) is 34.8. The molecular weight excluding hydrogens is 216 g/mol. The molecule has 2 aliphatic heterocycles. The van der Waals surface area contributed by atoms with Crippen molar-refractivity contribution in [1.29, 1.82) is 0 Å². The third kappa shape index (κ3) is 3.65. The second kappa shape index (κ2) is 5.65. The number of nitrogens with zero attached hydrogens (tertiary/aromatic N) is 1. The Hall–Kier alpha value is -0.160. The van der Waals surface area contributed by atoms with Crippen LogP contribution >= 0.6 is 0 Å². The van der Waals surface area contributed by atoms with Gasteiger partial charge in [0.1, 0.15) is 0 Å². The fourth-order valence-corrected chi connectivity index (χ4v) is 2.74. The molecule has 0 radical (unpaired) electrons. The molecule has 0 aliphatic carbocycles. The van der Waals surface area contributed by atoms with Crippen molar-refractivity contribution in [2.24, 2.45) is 0 Å². The van der Waals surface area contributed by atoms with Crippen LogP contribution in [0.1, 0.15) is 27.2 Å². The van der Waals surface area contributed by atoms with Gasteiger partial charge in [0, 0.05) is 31.2 Å². The first kappa shape index (κ1) is 13.3. The third-order valence-electron chi connectivity index (χ3n) is 3.73. The van der Waals surface area contributed by atoms with Crippen molar-refractivity contribution < 1.29 is 9.47 Å². The second-order valence-electron chi connectivity index (χ2n) is 5.82. The Bertz CT molecular complexity index is 240. The fraction of sp³-hybridized carbons (Fsp3) is 1.00. The maximum absolute atomic E-state index is 5.75. The van der Waals surface area contributed by atoms with Crippen LogP contribution in [0.2, 0.25) is 0 Å². The average molecular weight is 242 g/mol. The number of hydrogen-bond donors (Lipinski definition) is 1. The molecule has 0 aromatic rings. The highest BCUT2D eigenvalue weighted by Gasteiger charge is 2.33. The van der Waals surface area contributed by atoms with Crippen molar-refractivity contribution in [3.05, 3.63) is 0 Å². The molecule has 2 aliphatic rings. The van der Waals surface area contributed by atoms with Crippen LogP contribution in [0.5, 0.6) is 0 Å². The molecule has 4 heteroatoms. The Morgan fingerprint density at radius 1 is 1.35 bits per heavy atom. The zero-order valence-electron chi connectivity index (χ0n) is 11.4. The highest BCUT2D eigenvalue weighted by molar-refractivity contribution is 4.92. The molecule has 4 nitrogen and oxygen atoms in total. The van der Waals surface area contributed by atoms with Gasteiger partial charge in [-0.1, -0.05) is 6.92 Å². The van der Waals surface area contributed by atoms with Gasteiger partial charge in [-0.15, -0.1) is 0 Å². The predicted molar refractivity (Wildman–Crippen MR) is 68.3 cm³/mol. The Balaban J connectivity index is 1.90. The van der Waals surface area contributed by atoms with E-state index in [-0.39, 0.29) is 11.6 Å². The number of rotatable bonds is 3. The van der Waals surface area contributed by atoms with E-state index in [9.17, 15) is 0 Å². The minimum Gasteiger partial charge on any atom is -0.376 e. The second-order valence-corrected chi connectivity index (χ2v) is 5.82. The molecule has 0 amide bonds. The van der Waals surface area contributed by atoms with Crippen molar-refractivity contribution in [1.82, 2.24) is 10.2 Å². The average Bonchev–Trinajstić information content (AvgIpc) is 2.30. The van der Waals surface area contributed by atoms with E-state index < -0.39 is 0 Å². The van der Waals surface area contributed by atoms with Crippen molar-refractivity contribution in [2.75, 3.05) is 39.5 Å². The molecule has 0 aromatic heterocycles. The first-order chi connectivity index (χ1) is 8.11. The van der Waals surface area contributed by atoms with Crippen LogP contribution in [0.3, 0.4) is 0 Å². The number of nitrogens with one attached hydrogen (secondary N) is 1. The maximum Gasteiger partial charge on any atom is 0.0936 e. The third-order valence-corrected chi connectivity index (χ3v) is 3.73. The van der Waals surface area contributed by atoms with Gasteiger partial charge in [-0.2, -0.15) is 0 Å². The number of piperazine rings is 1. The first-order valence-corrected chi connectivity index (χ1v) is 6.79. The van der Waals surface area contributed by atoms with Gasteiger partial charge in [0.25, 0.3) is 0 Å². The molecule has 17 heavy (non-hydrogen) atoms. The highest BCUT2D eigenvalue weighted by Crippen LogP contribution is 2.18. The minimum absolute atomic E-state index is 0.210. The van der Waals surface area contributed by atoms with Gasteiger partial charge >= 0.3 is 0 Å². The van der Waals surface area contributed by atoms with Crippen molar-refractivity contribution in [2.45, 2.75) is 44.9 Å². The van der Waals surface area contributed by atoms with Gasteiger partial charge < -0.3 is 14.8 Å². The molecular formula is C13H26N2O2. The molecule has 1 N–H and O–H groups in total. The molecule has 2 unspecified atom stereocenters. The molecule has 0 saturated carbocycles. The first-order valence-electron chi connectivity index (χ1n) is 6.79. The van der Waals surface area contributed by atoms with E-state index in [2.05, 4.69) is 31.0 Å². The summed E-state index contributed by atoms with van der Waals surface area (Å²) in [6, 6.07) is 0.633. The van der Waals surface area contributed by atoms with E-state index in [0.717, 1.165) is 39.5 Å². The minimum atomic E-state index is 0.210. The van der Waals surface area contributed by atoms with Gasteiger partial charge in [0.2, 0.25) is 0 Å².